The van der Waals surface area contributed by atoms with Gasteiger partial charge in [0.05, 0.1) is 16.4 Å². The Labute approximate surface area is 134 Å². The molecule has 0 amide bonds. The zero-order valence-electron chi connectivity index (χ0n) is 14.0. The van der Waals surface area contributed by atoms with Gasteiger partial charge in [0.25, 0.3) is 0 Å². The first-order chi connectivity index (χ1) is 9.97. The lowest BCUT2D eigenvalue weighted by Crippen LogP contribution is -2.33. The first kappa shape index (κ1) is 16.8. The van der Waals surface area contributed by atoms with Crippen molar-refractivity contribution in [1.29, 1.82) is 0 Å². The third-order valence-electron chi connectivity index (χ3n) is 4.75. The van der Waals surface area contributed by atoms with Crippen molar-refractivity contribution in [2.45, 2.75) is 72.9 Å². The second-order valence-electron chi connectivity index (χ2n) is 7.07. The molecule has 0 spiro atoms. The molecule has 0 aliphatic heterocycles. The maximum absolute atomic E-state index is 6.38. The van der Waals surface area contributed by atoms with Crippen molar-refractivity contribution in [3.63, 3.8) is 0 Å². The Morgan fingerprint density at radius 3 is 2.57 bits per heavy atom. The summed E-state index contributed by atoms with van der Waals surface area (Å²) in [4.78, 5) is 0. The summed E-state index contributed by atoms with van der Waals surface area (Å²) in [7, 11) is 0. The van der Waals surface area contributed by atoms with Crippen molar-refractivity contribution in [2.75, 3.05) is 6.54 Å². The van der Waals surface area contributed by atoms with Gasteiger partial charge in [0.2, 0.25) is 0 Å². The van der Waals surface area contributed by atoms with Gasteiger partial charge in [0, 0.05) is 19.6 Å². The lowest BCUT2D eigenvalue weighted by molar-refractivity contribution is 0.223. The maximum atomic E-state index is 6.38. The second kappa shape index (κ2) is 7.15. The van der Waals surface area contributed by atoms with Crippen LogP contribution in [-0.4, -0.2) is 16.3 Å². The number of aryl methyl sites for hydroxylation is 2. The average Bonchev–Trinajstić information content (AvgIpc) is 2.98. The highest BCUT2D eigenvalue weighted by Crippen LogP contribution is 2.42. The topological polar surface area (TPSA) is 29.9 Å². The second-order valence-corrected chi connectivity index (χ2v) is 7.45. The SMILES string of the molecule is CCn1nc(C)c(Cl)c1CNCC1(CC(C)C)CCCC1. The molecule has 1 fully saturated rings. The normalized spacial score (nSPS) is 17.8. The molecular weight excluding hydrogens is 282 g/mol. The van der Waals surface area contributed by atoms with E-state index in [1.54, 1.807) is 0 Å². The minimum absolute atomic E-state index is 0.507. The maximum Gasteiger partial charge on any atom is 0.0860 e. The van der Waals surface area contributed by atoms with Gasteiger partial charge in [-0.1, -0.05) is 38.3 Å². The van der Waals surface area contributed by atoms with Gasteiger partial charge in [0.15, 0.2) is 0 Å². The van der Waals surface area contributed by atoms with Crippen LogP contribution >= 0.6 is 11.6 Å². The van der Waals surface area contributed by atoms with Crippen LogP contribution in [0.2, 0.25) is 5.02 Å². The summed E-state index contributed by atoms with van der Waals surface area (Å²) in [5.74, 6) is 0.775. The summed E-state index contributed by atoms with van der Waals surface area (Å²) in [6.07, 6.45) is 6.86. The van der Waals surface area contributed by atoms with Crippen molar-refractivity contribution < 1.29 is 0 Å². The first-order valence-corrected chi connectivity index (χ1v) is 8.78. The molecule has 0 radical (unpaired) electrons. The summed E-state index contributed by atoms with van der Waals surface area (Å²) in [6.45, 7) is 11.6. The Hall–Kier alpha value is -0.540. The fraction of sp³-hybridized carbons (Fsp3) is 0.824. The Morgan fingerprint density at radius 1 is 1.33 bits per heavy atom. The summed E-state index contributed by atoms with van der Waals surface area (Å²) in [5.41, 5.74) is 2.58. The number of nitrogens with one attached hydrogen (secondary N) is 1. The van der Waals surface area contributed by atoms with E-state index in [9.17, 15) is 0 Å². The summed E-state index contributed by atoms with van der Waals surface area (Å²) < 4.78 is 2.02. The molecule has 1 aromatic rings. The van der Waals surface area contributed by atoms with E-state index in [1.165, 1.54) is 32.1 Å². The van der Waals surface area contributed by atoms with Crippen LogP contribution in [0.15, 0.2) is 0 Å². The van der Waals surface area contributed by atoms with Crippen LogP contribution in [0, 0.1) is 18.3 Å². The van der Waals surface area contributed by atoms with E-state index in [1.807, 2.05) is 11.6 Å². The summed E-state index contributed by atoms with van der Waals surface area (Å²) in [5, 5.41) is 8.99. The molecule has 1 saturated carbocycles. The fourth-order valence-corrected chi connectivity index (χ4v) is 4.13. The average molecular weight is 312 g/mol. The van der Waals surface area contributed by atoms with E-state index in [0.29, 0.717) is 5.41 Å². The Kier molecular flexibility index (Phi) is 5.73. The van der Waals surface area contributed by atoms with Gasteiger partial charge >= 0.3 is 0 Å². The molecule has 1 aromatic heterocycles. The van der Waals surface area contributed by atoms with Gasteiger partial charge in [-0.3, -0.25) is 4.68 Å². The molecular formula is C17H30ClN3. The minimum Gasteiger partial charge on any atom is -0.311 e. The van der Waals surface area contributed by atoms with Crippen LogP contribution < -0.4 is 5.32 Å². The van der Waals surface area contributed by atoms with Gasteiger partial charge < -0.3 is 5.32 Å². The summed E-state index contributed by atoms with van der Waals surface area (Å²) >= 11 is 6.38. The van der Waals surface area contributed by atoms with Crippen molar-refractivity contribution >= 4 is 11.6 Å². The molecule has 0 unspecified atom stereocenters. The van der Waals surface area contributed by atoms with Gasteiger partial charge in [-0.25, -0.2) is 0 Å². The van der Waals surface area contributed by atoms with Crippen LogP contribution in [0.1, 0.15) is 64.3 Å². The zero-order valence-corrected chi connectivity index (χ0v) is 14.8. The van der Waals surface area contributed by atoms with Crippen molar-refractivity contribution in [1.82, 2.24) is 15.1 Å². The molecule has 1 N–H and O–H groups in total. The molecule has 120 valence electrons. The van der Waals surface area contributed by atoms with Crippen molar-refractivity contribution in [3.05, 3.63) is 16.4 Å². The molecule has 3 nitrogen and oxygen atoms in total. The number of hydrogen-bond acceptors (Lipinski definition) is 2. The first-order valence-electron chi connectivity index (χ1n) is 8.40. The quantitative estimate of drug-likeness (QED) is 0.800. The van der Waals surface area contributed by atoms with E-state index in [2.05, 4.69) is 31.2 Å². The number of halogens is 1. The number of nitrogens with zero attached hydrogens (tertiary/aromatic N) is 2. The van der Waals surface area contributed by atoms with Crippen LogP contribution in [0.4, 0.5) is 0 Å². The van der Waals surface area contributed by atoms with Gasteiger partial charge in [-0.15, -0.1) is 0 Å². The molecule has 0 saturated heterocycles. The van der Waals surface area contributed by atoms with Crippen LogP contribution in [0.3, 0.4) is 0 Å². The largest absolute Gasteiger partial charge is 0.311 e. The molecule has 1 aliphatic carbocycles. The molecule has 2 rings (SSSR count). The predicted octanol–water partition coefficient (Wildman–Crippen LogP) is 4.56. The standard InChI is InChI=1S/C17H30ClN3/c1-5-21-15(16(18)14(4)20-21)11-19-12-17(10-13(2)3)8-6-7-9-17/h13,19H,5-12H2,1-4H3. The van der Waals surface area contributed by atoms with Gasteiger partial charge in [-0.2, -0.15) is 5.10 Å². The highest BCUT2D eigenvalue weighted by Gasteiger charge is 2.33. The number of rotatable bonds is 7. The van der Waals surface area contributed by atoms with Crippen LogP contribution in [0.5, 0.6) is 0 Å². The molecule has 1 heterocycles. The molecule has 0 aromatic carbocycles. The third kappa shape index (κ3) is 4.01. The molecule has 21 heavy (non-hydrogen) atoms. The Balaban J connectivity index is 1.96. The molecule has 0 atom stereocenters. The monoisotopic (exact) mass is 311 g/mol. The smallest absolute Gasteiger partial charge is 0.0860 e. The van der Waals surface area contributed by atoms with Crippen LogP contribution in [0.25, 0.3) is 0 Å². The fourth-order valence-electron chi connectivity index (χ4n) is 3.93. The van der Waals surface area contributed by atoms with Crippen molar-refractivity contribution in [2.24, 2.45) is 11.3 Å². The van der Waals surface area contributed by atoms with Gasteiger partial charge in [-0.05, 0) is 44.4 Å². The third-order valence-corrected chi connectivity index (χ3v) is 5.24. The number of aromatic nitrogens is 2. The van der Waals surface area contributed by atoms with Crippen LogP contribution in [-0.2, 0) is 13.1 Å². The highest BCUT2D eigenvalue weighted by molar-refractivity contribution is 6.31. The van der Waals surface area contributed by atoms with E-state index in [4.69, 9.17) is 11.6 Å². The molecule has 4 heteroatoms. The Bertz CT molecular complexity index is 459. The Morgan fingerprint density at radius 2 is 2.00 bits per heavy atom. The lowest BCUT2D eigenvalue weighted by Gasteiger charge is -2.31. The van der Waals surface area contributed by atoms with E-state index in [-0.39, 0.29) is 0 Å². The predicted molar refractivity (Wildman–Crippen MR) is 89.7 cm³/mol. The minimum atomic E-state index is 0.507. The number of hydrogen-bond donors (Lipinski definition) is 1. The van der Waals surface area contributed by atoms with Crippen molar-refractivity contribution in [3.8, 4) is 0 Å². The highest BCUT2D eigenvalue weighted by atomic mass is 35.5. The molecule has 0 bridgehead atoms. The zero-order chi connectivity index (χ0) is 15.5. The lowest BCUT2D eigenvalue weighted by atomic mass is 9.78. The van der Waals surface area contributed by atoms with E-state index >= 15 is 0 Å². The molecule has 1 aliphatic rings. The summed E-state index contributed by atoms with van der Waals surface area (Å²) in [6, 6.07) is 0. The van der Waals surface area contributed by atoms with E-state index < -0.39 is 0 Å². The van der Waals surface area contributed by atoms with E-state index in [0.717, 1.165) is 42.0 Å². The van der Waals surface area contributed by atoms with Gasteiger partial charge in [0.1, 0.15) is 0 Å².